The summed E-state index contributed by atoms with van der Waals surface area (Å²) in [4.78, 5) is 27.2. The molecule has 7 heteroatoms. The Balaban J connectivity index is 1.35. The fraction of sp³-hybridized carbons (Fsp3) is 0.462. The summed E-state index contributed by atoms with van der Waals surface area (Å²) in [6.45, 7) is 3.28. The summed E-state index contributed by atoms with van der Waals surface area (Å²) in [7, 11) is 3.25. The molecular formula is C26H32N2O5. The number of likely N-dealkylation sites (tertiary alicyclic amines) is 1. The number of ether oxygens (including phenoxy) is 3. The molecular weight excluding hydrogens is 420 g/mol. The van der Waals surface area contributed by atoms with Gasteiger partial charge in [-0.25, -0.2) is 0 Å². The number of nitrogens with one attached hydrogen (secondary N) is 1. The third-order valence-corrected chi connectivity index (χ3v) is 7.00. The van der Waals surface area contributed by atoms with Crippen LogP contribution in [-0.2, 0) is 16.1 Å². The molecule has 1 saturated heterocycles. The summed E-state index contributed by atoms with van der Waals surface area (Å²) in [5.41, 5.74) is 0.967. The lowest BCUT2D eigenvalue weighted by Gasteiger charge is -2.25. The van der Waals surface area contributed by atoms with Crippen LogP contribution in [0.1, 0.15) is 25.3 Å². The number of nitrogens with zero attached hydrogens (tertiary/aromatic N) is 1. The SMILES string of the molecule is COc1ccc(CN2C(=O)C[C@H]3[C@H](CNC(=O)COc4ccccc4)[C@@H](C)C[C@H]32)c(OC)c1. The molecule has 2 aromatic rings. The second-order valence-electron chi connectivity index (χ2n) is 8.92. The van der Waals surface area contributed by atoms with E-state index < -0.39 is 0 Å². The Morgan fingerprint density at radius 3 is 2.61 bits per heavy atom. The zero-order chi connectivity index (χ0) is 23.4. The number of carbonyl (C=O) groups is 2. The first-order valence-corrected chi connectivity index (χ1v) is 11.4. The maximum absolute atomic E-state index is 12.9. The van der Waals surface area contributed by atoms with Gasteiger partial charge < -0.3 is 24.4 Å². The van der Waals surface area contributed by atoms with Gasteiger partial charge in [0, 0.05) is 37.2 Å². The highest BCUT2D eigenvalue weighted by Crippen LogP contribution is 2.46. The molecule has 0 bridgehead atoms. The van der Waals surface area contributed by atoms with E-state index >= 15 is 0 Å². The van der Waals surface area contributed by atoms with Crippen LogP contribution in [-0.4, -0.2) is 50.1 Å². The molecule has 0 spiro atoms. The zero-order valence-electron chi connectivity index (χ0n) is 19.5. The second-order valence-corrected chi connectivity index (χ2v) is 8.92. The minimum absolute atomic E-state index is 0.0124. The van der Waals surface area contributed by atoms with Crippen LogP contribution in [0.15, 0.2) is 48.5 Å². The molecule has 1 aliphatic carbocycles. The van der Waals surface area contributed by atoms with Gasteiger partial charge in [-0.05, 0) is 48.4 Å². The Hall–Kier alpha value is -3.22. The smallest absolute Gasteiger partial charge is 0.257 e. The zero-order valence-corrected chi connectivity index (χ0v) is 19.5. The van der Waals surface area contributed by atoms with Crippen LogP contribution in [0, 0.1) is 17.8 Å². The average Bonchev–Trinajstić information content (AvgIpc) is 3.30. The Morgan fingerprint density at radius 2 is 1.88 bits per heavy atom. The summed E-state index contributed by atoms with van der Waals surface area (Å²) >= 11 is 0. The van der Waals surface area contributed by atoms with Crippen molar-refractivity contribution in [3.63, 3.8) is 0 Å². The first-order valence-electron chi connectivity index (χ1n) is 11.4. The second kappa shape index (κ2) is 10.1. The Labute approximate surface area is 195 Å². The molecule has 4 atom stereocenters. The van der Waals surface area contributed by atoms with Crippen molar-refractivity contribution in [1.29, 1.82) is 0 Å². The molecule has 0 radical (unpaired) electrons. The third kappa shape index (κ3) is 5.07. The molecule has 1 aliphatic heterocycles. The van der Waals surface area contributed by atoms with Crippen molar-refractivity contribution in [3.8, 4) is 17.2 Å². The number of fused-ring (bicyclic) bond motifs is 1. The molecule has 1 heterocycles. The normalized spacial score (nSPS) is 23.8. The van der Waals surface area contributed by atoms with E-state index in [4.69, 9.17) is 14.2 Å². The average molecular weight is 453 g/mol. The third-order valence-electron chi connectivity index (χ3n) is 7.00. The van der Waals surface area contributed by atoms with Crippen LogP contribution in [0.5, 0.6) is 17.2 Å². The van der Waals surface area contributed by atoms with Crippen molar-refractivity contribution in [3.05, 3.63) is 54.1 Å². The van der Waals surface area contributed by atoms with E-state index in [1.54, 1.807) is 14.2 Å². The molecule has 2 aliphatic rings. The van der Waals surface area contributed by atoms with Crippen molar-refractivity contribution in [2.45, 2.75) is 32.4 Å². The van der Waals surface area contributed by atoms with Crippen LogP contribution >= 0.6 is 0 Å². The van der Waals surface area contributed by atoms with Crippen molar-refractivity contribution < 1.29 is 23.8 Å². The van der Waals surface area contributed by atoms with Gasteiger partial charge in [0.2, 0.25) is 5.91 Å². The van der Waals surface area contributed by atoms with Crippen LogP contribution in [0.25, 0.3) is 0 Å². The lowest BCUT2D eigenvalue weighted by molar-refractivity contribution is -0.129. The molecule has 0 aromatic heterocycles. The van der Waals surface area contributed by atoms with Crippen molar-refractivity contribution in [2.75, 3.05) is 27.4 Å². The van der Waals surface area contributed by atoms with E-state index in [0.29, 0.717) is 31.2 Å². The van der Waals surface area contributed by atoms with Crippen LogP contribution in [0.2, 0.25) is 0 Å². The predicted octanol–water partition coefficient (Wildman–Crippen LogP) is 3.27. The fourth-order valence-electron chi connectivity index (χ4n) is 5.26. The van der Waals surface area contributed by atoms with E-state index in [2.05, 4.69) is 12.2 Å². The van der Waals surface area contributed by atoms with Gasteiger partial charge in [-0.2, -0.15) is 0 Å². The van der Waals surface area contributed by atoms with Gasteiger partial charge >= 0.3 is 0 Å². The first kappa shape index (κ1) is 23.0. The molecule has 33 heavy (non-hydrogen) atoms. The van der Waals surface area contributed by atoms with Gasteiger partial charge in [-0.3, -0.25) is 9.59 Å². The summed E-state index contributed by atoms with van der Waals surface area (Å²) in [5.74, 6) is 3.07. The minimum atomic E-state index is -0.140. The molecule has 1 N–H and O–H groups in total. The monoisotopic (exact) mass is 452 g/mol. The van der Waals surface area contributed by atoms with Crippen LogP contribution < -0.4 is 19.5 Å². The Morgan fingerprint density at radius 1 is 1.09 bits per heavy atom. The number of para-hydroxylation sites is 1. The first-order chi connectivity index (χ1) is 16.0. The number of amides is 2. The molecule has 176 valence electrons. The molecule has 0 unspecified atom stereocenters. The van der Waals surface area contributed by atoms with Gasteiger partial charge in [0.1, 0.15) is 17.2 Å². The van der Waals surface area contributed by atoms with E-state index in [9.17, 15) is 9.59 Å². The fourth-order valence-corrected chi connectivity index (χ4v) is 5.26. The van der Waals surface area contributed by atoms with Crippen LogP contribution in [0.3, 0.4) is 0 Å². The van der Waals surface area contributed by atoms with Crippen molar-refractivity contribution >= 4 is 11.8 Å². The number of methoxy groups -OCH3 is 2. The molecule has 2 aromatic carbocycles. The maximum atomic E-state index is 12.9. The summed E-state index contributed by atoms with van der Waals surface area (Å²) in [6, 6.07) is 15.2. The highest BCUT2D eigenvalue weighted by atomic mass is 16.5. The summed E-state index contributed by atoms with van der Waals surface area (Å²) in [6.07, 6.45) is 1.46. The van der Waals surface area contributed by atoms with E-state index in [0.717, 1.165) is 23.5 Å². The number of carbonyl (C=O) groups excluding carboxylic acids is 2. The Bertz CT molecular complexity index is 980. The molecule has 1 saturated carbocycles. The number of rotatable bonds is 9. The maximum Gasteiger partial charge on any atom is 0.257 e. The van der Waals surface area contributed by atoms with E-state index in [-0.39, 0.29) is 36.3 Å². The molecule has 4 rings (SSSR count). The summed E-state index contributed by atoms with van der Waals surface area (Å²) < 4.78 is 16.4. The van der Waals surface area contributed by atoms with Gasteiger partial charge in [0.15, 0.2) is 6.61 Å². The number of benzene rings is 2. The standard InChI is InChI=1S/C26H32N2O5/c1-17-11-23-21(22(17)14-27-25(29)16-33-19-7-5-4-6-8-19)13-26(30)28(23)15-18-9-10-20(31-2)12-24(18)32-3/h4-10,12,17,21-23H,11,13-16H2,1-3H3,(H,27,29)/t17-,21-,22+,23+/m0/s1. The minimum Gasteiger partial charge on any atom is -0.497 e. The summed E-state index contributed by atoms with van der Waals surface area (Å²) in [5, 5.41) is 3.02. The highest BCUT2D eigenvalue weighted by Gasteiger charge is 2.50. The largest absolute Gasteiger partial charge is 0.497 e. The highest BCUT2D eigenvalue weighted by molar-refractivity contribution is 5.80. The quantitative estimate of drug-likeness (QED) is 0.632. The van der Waals surface area contributed by atoms with E-state index in [1.165, 1.54) is 0 Å². The Kier molecular flexibility index (Phi) is 7.06. The van der Waals surface area contributed by atoms with E-state index in [1.807, 2.05) is 53.4 Å². The lowest BCUT2D eigenvalue weighted by Crippen LogP contribution is -2.36. The molecule has 2 amide bonds. The van der Waals surface area contributed by atoms with Crippen molar-refractivity contribution in [1.82, 2.24) is 10.2 Å². The lowest BCUT2D eigenvalue weighted by atomic mass is 9.88. The number of hydrogen-bond acceptors (Lipinski definition) is 5. The predicted molar refractivity (Wildman–Crippen MR) is 124 cm³/mol. The van der Waals surface area contributed by atoms with Gasteiger partial charge in [0.25, 0.3) is 5.91 Å². The van der Waals surface area contributed by atoms with Gasteiger partial charge in [-0.15, -0.1) is 0 Å². The molecule has 7 nitrogen and oxygen atoms in total. The van der Waals surface area contributed by atoms with Crippen LogP contribution in [0.4, 0.5) is 0 Å². The molecule has 2 fully saturated rings. The topological polar surface area (TPSA) is 77.1 Å². The number of hydrogen-bond donors (Lipinski definition) is 1. The van der Waals surface area contributed by atoms with Crippen molar-refractivity contribution in [2.24, 2.45) is 17.8 Å². The van der Waals surface area contributed by atoms with Gasteiger partial charge in [0.05, 0.1) is 14.2 Å². The van der Waals surface area contributed by atoms with Gasteiger partial charge in [-0.1, -0.05) is 25.1 Å².